The number of ether oxygens (including phenoxy) is 1. The van der Waals surface area contributed by atoms with Crippen molar-refractivity contribution in [2.75, 3.05) is 35.2 Å². The highest BCUT2D eigenvalue weighted by atomic mass is 16.5. The molecule has 8 nitrogen and oxygen atoms in total. The van der Waals surface area contributed by atoms with Gasteiger partial charge in [-0.05, 0) is 56.0 Å². The summed E-state index contributed by atoms with van der Waals surface area (Å²) in [5, 5.41) is 5.78. The van der Waals surface area contributed by atoms with Crippen LogP contribution in [0.2, 0.25) is 0 Å². The van der Waals surface area contributed by atoms with Gasteiger partial charge in [-0.25, -0.2) is 9.97 Å². The summed E-state index contributed by atoms with van der Waals surface area (Å²) in [5.41, 5.74) is 2.51. The number of nitrogens with one attached hydrogen (secondary N) is 2. The predicted molar refractivity (Wildman–Crippen MR) is 123 cm³/mol. The number of amides is 2. The number of hydrogen-bond donors (Lipinski definition) is 2. The SMILES string of the molecule is O=C(Nc1nc2ccccc2nc1N1CCCC1)c1cccc(NC(=O)[C@H]2CCCO2)c1. The Morgan fingerprint density at radius 1 is 0.938 bits per heavy atom. The summed E-state index contributed by atoms with van der Waals surface area (Å²) in [4.78, 5) is 37.0. The second-order valence-corrected chi connectivity index (χ2v) is 8.10. The van der Waals surface area contributed by atoms with Gasteiger partial charge in [0.15, 0.2) is 11.6 Å². The molecular weight excluding hydrogens is 406 g/mol. The van der Waals surface area contributed by atoms with Crippen molar-refractivity contribution in [1.82, 2.24) is 9.97 Å². The lowest BCUT2D eigenvalue weighted by atomic mass is 10.1. The van der Waals surface area contributed by atoms with Gasteiger partial charge in [0.25, 0.3) is 11.8 Å². The number of para-hydroxylation sites is 2. The molecule has 1 atom stereocenters. The molecule has 164 valence electrons. The topological polar surface area (TPSA) is 96.5 Å². The van der Waals surface area contributed by atoms with E-state index in [9.17, 15) is 9.59 Å². The normalized spacial score (nSPS) is 18.1. The van der Waals surface area contributed by atoms with Gasteiger partial charge < -0.3 is 20.3 Å². The molecule has 2 aromatic carbocycles. The standard InChI is InChI=1S/C24H25N5O3/c30-23(16-7-5-8-17(15-16)25-24(31)20-11-6-14-32-20)28-21-22(29-12-3-4-13-29)27-19-10-2-1-9-18(19)26-21/h1-2,5,7-10,15,20H,3-4,6,11-14H2,(H,25,31)(H,26,28,30)/t20-/m1/s1. The predicted octanol–water partition coefficient (Wildman–Crippen LogP) is 3.60. The van der Waals surface area contributed by atoms with Crippen molar-refractivity contribution in [2.45, 2.75) is 31.8 Å². The Labute approximate surface area is 186 Å². The van der Waals surface area contributed by atoms with E-state index in [1.54, 1.807) is 24.3 Å². The van der Waals surface area contributed by atoms with Crippen LogP contribution in [0, 0.1) is 0 Å². The minimum atomic E-state index is -0.427. The molecule has 2 aliphatic heterocycles. The fourth-order valence-corrected chi connectivity index (χ4v) is 4.15. The first-order valence-corrected chi connectivity index (χ1v) is 11.0. The van der Waals surface area contributed by atoms with Crippen LogP contribution in [0.5, 0.6) is 0 Å². The molecule has 2 saturated heterocycles. The smallest absolute Gasteiger partial charge is 0.256 e. The Bertz CT molecular complexity index is 1150. The molecule has 0 aliphatic carbocycles. The third-order valence-electron chi connectivity index (χ3n) is 5.80. The van der Waals surface area contributed by atoms with Gasteiger partial charge in [-0.15, -0.1) is 0 Å². The highest BCUT2D eigenvalue weighted by Crippen LogP contribution is 2.28. The number of anilines is 3. The molecule has 1 aromatic heterocycles. The van der Waals surface area contributed by atoms with Crippen LogP contribution in [-0.2, 0) is 9.53 Å². The molecule has 0 unspecified atom stereocenters. The van der Waals surface area contributed by atoms with Crippen LogP contribution in [0.3, 0.4) is 0 Å². The van der Waals surface area contributed by atoms with Crippen molar-refractivity contribution in [1.29, 1.82) is 0 Å². The number of carbonyl (C=O) groups excluding carboxylic acids is 2. The van der Waals surface area contributed by atoms with E-state index in [0.29, 0.717) is 35.9 Å². The van der Waals surface area contributed by atoms with Crippen molar-refractivity contribution in [3.05, 3.63) is 54.1 Å². The van der Waals surface area contributed by atoms with Crippen molar-refractivity contribution >= 4 is 40.2 Å². The summed E-state index contributed by atoms with van der Waals surface area (Å²) in [5.74, 6) is 0.654. The van der Waals surface area contributed by atoms with Gasteiger partial charge in [-0.3, -0.25) is 9.59 Å². The summed E-state index contributed by atoms with van der Waals surface area (Å²) < 4.78 is 5.43. The Morgan fingerprint density at radius 3 is 2.47 bits per heavy atom. The van der Waals surface area contributed by atoms with Gasteiger partial charge in [0.05, 0.1) is 11.0 Å². The lowest BCUT2D eigenvalue weighted by Crippen LogP contribution is -2.27. The monoisotopic (exact) mass is 431 g/mol. The van der Waals surface area contributed by atoms with Crippen LogP contribution in [0.15, 0.2) is 48.5 Å². The second-order valence-electron chi connectivity index (χ2n) is 8.10. The molecule has 8 heteroatoms. The van der Waals surface area contributed by atoms with Crippen LogP contribution in [0.25, 0.3) is 11.0 Å². The first kappa shape index (κ1) is 20.4. The number of fused-ring (bicyclic) bond motifs is 1. The molecule has 3 heterocycles. The highest BCUT2D eigenvalue weighted by Gasteiger charge is 2.24. The Hall–Kier alpha value is -3.52. The molecule has 2 aliphatic rings. The number of benzene rings is 2. The minimum Gasteiger partial charge on any atom is -0.368 e. The van der Waals surface area contributed by atoms with Gasteiger partial charge in [0, 0.05) is 30.9 Å². The number of nitrogens with zero attached hydrogens (tertiary/aromatic N) is 3. The van der Waals surface area contributed by atoms with Gasteiger partial charge in [-0.2, -0.15) is 0 Å². The maximum absolute atomic E-state index is 13.1. The van der Waals surface area contributed by atoms with Crippen molar-refractivity contribution in [3.63, 3.8) is 0 Å². The second kappa shape index (κ2) is 8.92. The first-order valence-electron chi connectivity index (χ1n) is 11.0. The fourth-order valence-electron chi connectivity index (χ4n) is 4.15. The Balaban J connectivity index is 1.38. The van der Waals surface area contributed by atoms with Gasteiger partial charge >= 0.3 is 0 Å². The summed E-state index contributed by atoms with van der Waals surface area (Å²) in [7, 11) is 0. The molecule has 0 radical (unpaired) electrons. The molecule has 5 rings (SSSR count). The molecule has 2 fully saturated rings. The van der Waals surface area contributed by atoms with E-state index in [2.05, 4.69) is 20.5 Å². The quantitative estimate of drug-likeness (QED) is 0.641. The van der Waals surface area contributed by atoms with Crippen LogP contribution in [0.4, 0.5) is 17.3 Å². The molecule has 0 bridgehead atoms. The van der Waals surface area contributed by atoms with Crippen LogP contribution in [0.1, 0.15) is 36.0 Å². The van der Waals surface area contributed by atoms with Crippen molar-refractivity contribution in [3.8, 4) is 0 Å². The molecule has 2 amide bonds. The van der Waals surface area contributed by atoms with Gasteiger partial charge in [0.2, 0.25) is 0 Å². The van der Waals surface area contributed by atoms with Gasteiger partial charge in [0.1, 0.15) is 6.10 Å². The van der Waals surface area contributed by atoms with E-state index < -0.39 is 6.10 Å². The number of hydrogen-bond acceptors (Lipinski definition) is 6. The molecular formula is C24H25N5O3. The first-order chi connectivity index (χ1) is 15.7. The Kier molecular flexibility index (Phi) is 5.68. The lowest BCUT2D eigenvalue weighted by molar-refractivity contribution is -0.124. The molecule has 0 saturated carbocycles. The zero-order valence-corrected chi connectivity index (χ0v) is 17.7. The summed E-state index contributed by atoms with van der Waals surface area (Å²) in [6.07, 6.45) is 3.35. The number of carbonyl (C=O) groups is 2. The number of rotatable bonds is 5. The highest BCUT2D eigenvalue weighted by molar-refractivity contribution is 6.06. The van der Waals surface area contributed by atoms with Crippen molar-refractivity contribution in [2.24, 2.45) is 0 Å². The fraction of sp³-hybridized carbons (Fsp3) is 0.333. The molecule has 0 spiro atoms. The van der Waals surface area contributed by atoms with E-state index in [4.69, 9.17) is 9.72 Å². The Morgan fingerprint density at radius 2 is 1.72 bits per heavy atom. The zero-order valence-electron chi connectivity index (χ0n) is 17.7. The minimum absolute atomic E-state index is 0.184. The summed E-state index contributed by atoms with van der Waals surface area (Å²) in [6.45, 7) is 2.38. The molecule has 2 N–H and O–H groups in total. The van der Waals surface area contributed by atoms with Crippen LogP contribution >= 0.6 is 0 Å². The van der Waals surface area contributed by atoms with E-state index >= 15 is 0 Å². The average molecular weight is 431 g/mol. The third-order valence-corrected chi connectivity index (χ3v) is 5.80. The average Bonchev–Trinajstić information content (AvgIpc) is 3.53. The van der Waals surface area contributed by atoms with E-state index in [0.717, 1.165) is 43.4 Å². The summed E-state index contributed by atoms with van der Waals surface area (Å²) in [6, 6.07) is 14.5. The molecule has 3 aromatic rings. The zero-order chi connectivity index (χ0) is 21.9. The van der Waals surface area contributed by atoms with E-state index in [-0.39, 0.29) is 11.8 Å². The van der Waals surface area contributed by atoms with Crippen molar-refractivity contribution < 1.29 is 14.3 Å². The third kappa shape index (κ3) is 4.27. The molecule has 32 heavy (non-hydrogen) atoms. The largest absolute Gasteiger partial charge is 0.368 e. The summed E-state index contributed by atoms with van der Waals surface area (Å²) >= 11 is 0. The van der Waals surface area contributed by atoms with E-state index in [1.165, 1.54) is 0 Å². The van der Waals surface area contributed by atoms with Gasteiger partial charge in [-0.1, -0.05) is 18.2 Å². The number of aromatic nitrogens is 2. The maximum atomic E-state index is 13.1. The van der Waals surface area contributed by atoms with Crippen LogP contribution < -0.4 is 15.5 Å². The maximum Gasteiger partial charge on any atom is 0.256 e. The lowest BCUT2D eigenvalue weighted by Gasteiger charge is -2.20. The van der Waals surface area contributed by atoms with E-state index in [1.807, 2.05) is 24.3 Å². The van der Waals surface area contributed by atoms with Crippen LogP contribution in [-0.4, -0.2) is 47.6 Å².